The topological polar surface area (TPSA) is 323 Å². The minimum absolute atomic E-state index is 0. The van der Waals surface area contributed by atoms with Gasteiger partial charge in [-0.15, -0.1) is 0 Å². The van der Waals surface area contributed by atoms with Crippen LogP contribution in [0.3, 0.4) is 0 Å². The summed E-state index contributed by atoms with van der Waals surface area (Å²) in [7, 11) is 19.8. The molecule has 129 heavy (non-hydrogen) atoms. The van der Waals surface area contributed by atoms with Crippen molar-refractivity contribution in [3.63, 3.8) is 0 Å². The molecule has 0 saturated heterocycles. The van der Waals surface area contributed by atoms with Crippen LogP contribution in [0, 0.1) is 34.1 Å². The molecular formula is C95H89B6Cl3N18O7. The lowest BCUT2D eigenvalue weighted by Crippen LogP contribution is -3.00. The van der Waals surface area contributed by atoms with Gasteiger partial charge in [-0.05, 0) is 196 Å². The largest absolute Gasteiger partial charge is 1.00 e. The summed E-state index contributed by atoms with van der Waals surface area (Å²) in [6.45, 7) is 4.08. The first kappa shape index (κ1) is 104. The Morgan fingerprint density at radius 1 is 0.372 bits per heavy atom. The fraction of sp³-hybridized carbons (Fsp3) is 0.0526. The first-order valence-electron chi connectivity index (χ1n) is 38.7. The molecule has 0 aliphatic rings. The molecule has 0 saturated carbocycles. The van der Waals surface area contributed by atoms with Crippen LogP contribution in [-0.4, -0.2) is 92.6 Å². The van der Waals surface area contributed by atoms with Crippen molar-refractivity contribution in [1.29, 1.82) is 0 Å². The Morgan fingerprint density at radius 2 is 0.667 bits per heavy atom. The van der Waals surface area contributed by atoms with Crippen molar-refractivity contribution in [3.8, 4) is 5.69 Å². The van der Waals surface area contributed by atoms with Gasteiger partial charge < -0.3 is 85.5 Å². The van der Waals surface area contributed by atoms with E-state index in [1.807, 2.05) is 290 Å². The SMILES string of the molecule is C.C[n+]1ccc(Nc2ccc(NC(=O)c3ccc(Nc4ccnc5ccccc45)cc3)cc2)cc1.Cc1ccc(C(=O)Nc2ccc(Nc3cc[n+](C)cc3)cc2)cc1.Cc1ccc(Nc2ccncc2)cc1.Nc1ccc([N+](=O)[O-])cc1.O=C(Nc1ccc(Nc2ccncc2)cc1)c1ccc([N+](=O)[O-])cc1.[B].[B][B]B([B])[B].[Cl-].[Cl-].[Cl-].c1cc[n+](-c2ccncc2)cc1. The van der Waals surface area contributed by atoms with E-state index in [-0.39, 0.29) is 82.2 Å². The number of aryl methyl sites for hydroxylation is 4. The van der Waals surface area contributed by atoms with Crippen molar-refractivity contribution < 1.29 is 75.2 Å². The highest BCUT2D eigenvalue weighted by molar-refractivity contribution is 7.60. The van der Waals surface area contributed by atoms with Crippen molar-refractivity contribution in [1.82, 2.24) is 19.9 Å². The number of nitrogens with two attached hydrogens (primary N) is 1. The lowest BCUT2D eigenvalue weighted by molar-refractivity contribution is -0.671. The molecule has 7 aromatic heterocycles. The van der Waals surface area contributed by atoms with E-state index in [2.05, 4.69) is 93.7 Å². The minimum Gasteiger partial charge on any atom is -1.00 e. The van der Waals surface area contributed by atoms with Crippen LogP contribution >= 0.6 is 0 Å². The van der Waals surface area contributed by atoms with Crippen LogP contribution in [0.4, 0.5) is 91.0 Å². The lowest BCUT2D eigenvalue weighted by atomic mass is 8.97. The van der Waals surface area contributed by atoms with E-state index < -0.39 is 16.2 Å². The van der Waals surface area contributed by atoms with E-state index in [1.54, 1.807) is 55.5 Å². The molecule has 0 atom stereocenters. The monoisotopic (exact) mass is 1760 g/mol. The number of anilines is 14. The molecule has 0 fully saturated rings. The van der Waals surface area contributed by atoms with Gasteiger partial charge in [-0.1, -0.05) is 67.1 Å². The van der Waals surface area contributed by atoms with Gasteiger partial charge in [0.15, 0.2) is 37.2 Å². The number of fused-ring (bicyclic) bond motifs is 1. The highest BCUT2D eigenvalue weighted by Gasteiger charge is 2.13. The normalized spacial score (nSPS) is 9.58. The van der Waals surface area contributed by atoms with E-state index in [0.717, 1.165) is 90.4 Å². The number of hydrogen-bond donors (Lipinski definition) is 9. The van der Waals surface area contributed by atoms with Gasteiger partial charge in [-0.3, -0.25) is 54.5 Å². The maximum absolute atomic E-state index is 12.7. The number of nitro benzene ring substituents is 2. The molecule has 10 N–H and O–H groups in total. The number of nitro groups is 2. The smallest absolute Gasteiger partial charge is 0.269 e. The van der Waals surface area contributed by atoms with Gasteiger partial charge in [0.2, 0.25) is 5.69 Å². The molecule has 7 heterocycles. The van der Waals surface area contributed by atoms with E-state index in [9.17, 15) is 34.6 Å². The number of amides is 3. The third-order valence-corrected chi connectivity index (χ3v) is 17.7. The number of nitrogens with one attached hydrogen (secondary N) is 8. The number of carbonyl (C=O) groups is 3. The zero-order valence-corrected chi connectivity index (χ0v) is 72.2. The van der Waals surface area contributed by atoms with Crippen LogP contribution in [0.5, 0.6) is 0 Å². The molecule has 0 aliphatic carbocycles. The molecule has 0 aliphatic heterocycles. The molecule has 0 unspecified atom stereocenters. The Kier molecular flexibility index (Phi) is 44.4. The summed E-state index contributed by atoms with van der Waals surface area (Å²) >= 11 is 0. The molecule has 34 heteroatoms. The summed E-state index contributed by atoms with van der Waals surface area (Å²) < 4.78 is 6.00. The van der Waals surface area contributed by atoms with Crippen molar-refractivity contribution in [2.75, 3.05) is 48.3 Å². The number of benzene rings is 9. The number of pyridine rings is 7. The van der Waals surface area contributed by atoms with Crippen molar-refractivity contribution >= 4 is 165 Å². The van der Waals surface area contributed by atoms with Gasteiger partial charge in [0.25, 0.3) is 29.1 Å². The Hall–Kier alpha value is -15.4. The van der Waals surface area contributed by atoms with E-state index in [0.29, 0.717) is 28.1 Å². The third kappa shape index (κ3) is 36.0. The minimum atomic E-state index is -0.504. The van der Waals surface area contributed by atoms with Crippen LogP contribution in [0.15, 0.2) is 384 Å². The number of non-ortho nitro benzene ring substituents is 2. The Balaban J connectivity index is 0.000000280. The molecule has 9 aromatic carbocycles. The third-order valence-electron chi connectivity index (χ3n) is 17.7. The number of para-hydroxylation sites is 1. The van der Waals surface area contributed by atoms with Gasteiger partial charge in [0, 0.05) is 252 Å². The first-order chi connectivity index (χ1) is 60.1. The summed E-state index contributed by atoms with van der Waals surface area (Å²) in [5, 5.41) is 47.0. The molecule has 0 spiro atoms. The molecule has 640 valence electrons. The molecule has 0 bridgehead atoms. The summed E-state index contributed by atoms with van der Waals surface area (Å²) in [5.41, 5.74) is 23.8. The van der Waals surface area contributed by atoms with Crippen LogP contribution in [0.2, 0.25) is 0 Å². The summed E-state index contributed by atoms with van der Waals surface area (Å²) in [5.74, 6) is -0.590. The van der Waals surface area contributed by atoms with E-state index >= 15 is 0 Å². The van der Waals surface area contributed by atoms with E-state index in [4.69, 9.17) is 28.9 Å². The predicted molar refractivity (Wildman–Crippen MR) is 511 cm³/mol. The van der Waals surface area contributed by atoms with Crippen LogP contribution in [-0.2, 0) is 14.1 Å². The lowest BCUT2D eigenvalue weighted by Gasteiger charge is -2.11. The second-order valence-corrected chi connectivity index (χ2v) is 27.3. The van der Waals surface area contributed by atoms with Crippen molar-refractivity contribution in [3.05, 3.63) is 432 Å². The average molecular weight is 1770 g/mol. The zero-order valence-electron chi connectivity index (χ0n) is 69.9. The maximum Gasteiger partial charge on any atom is 0.269 e. The highest BCUT2D eigenvalue weighted by atomic mass is 35.5. The van der Waals surface area contributed by atoms with Gasteiger partial charge in [-0.25, -0.2) is 9.13 Å². The number of halogens is 3. The second-order valence-electron chi connectivity index (χ2n) is 27.3. The molecule has 16 rings (SSSR count). The number of rotatable bonds is 20. The van der Waals surface area contributed by atoms with Crippen LogP contribution < -0.4 is 99.2 Å². The molecule has 10 radical (unpaired) electrons. The summed E-state index contributed by atoms with van der Waals surface area (Å²) in [4.78, 5) is 73.1. The zero-order chi connectivity index (χ0) is 87.8. The number of carbonyl (C=O) groups excluding carboxylic acids is 3. The fourth-order valence-corrected chi connectivity index (χ4v) is 11.1. The van der Waals surface area contributed by atoms with Crippen molar-refractivity contribution in [2.45, 2.75) is 21.3 Å². The number of aromatic nitrogens is 7. The average Bonchev–Trinajstić information content (AvgIpc) is 0.817. The fourth-order valence-electron chi connectivity index (χ4n) is 11.1. The van der Waals surface area contributed by atoms with Crippen molar-refractivity contribution in [2.24, 2.45) is 14.1 Å². The van der Waals surface area contributed by atoms with Gasteiger partial charge in [-0.2, -0.15) is 4.57 Å². The van der Waals surface area contributed by atoms with Gasteiger partial charge in [0.05, 0.1) is 26.7 Å². The van der Waals surface area contributed by atoms with Crippen LogP contribution in [0.1, 0.15) is 49.6 Å². The molecule has 16 aromatic rings. The summed E-state index contributed by atoms with van der Waals surface area (Å²) in [6.07, 6.45) is 23.8. The first-order valence-corrected chi connectivity index (χ1v) is 38.7. The second kappa shape index (κ2) is 55.0. The van der Waals surface area contributed by atoms with E-state index in [1.165, 1.54) is 61.2 Å². The molecule has 25 nitrogen and oxygen atoms in total. The quantitative estimate of drug-likeness (QED) is 0.0113. The molecule has 3 amide bonds. The summed E-state index contributed by atoms with van der Waals surface area (Å²) in [6, 6.07) is 92.4. The van der Waals surface area contributed by atoms with Gasteiger partial charge >= 0.3 is 0 Å². The maximum atomic E-state index is 12.7. The Labute approximate surface area is 776 Å². The number of nitrogens with zero attached hydrogens (tertiary/aromatic N) is 9. The Morgan fingerprint density at radius 3 is 1.04 bits per heavy atom. The number of nitrogen functional groups attached to an aromatic ring is 1. The predicted octanol–water partition coefficient (Wildman–Crippen LogP) is 8.63. The van der Waals surface area contributed by atoms with Crippen LogP contribution in [0.25, 0.3) is 16.6 Å². The highest BCUT2D eigenvalue weighted by Crippen LogP contribution is 2.28. The number of hydrogen-bond acceptors (Lipinski definition) is 17. The Bertz CT molecular complexity index is 6000. The molecular weight excluding hydrogens is 1680 g/mol. The standard InChI is InChI=1S/C28H23N5O.C20H19N3O.C18H14N4O3.C12H12N2.C10H9N2.C6H6N2O2.CH4.B5.B.3ClH/c1-33-18-15-24(16-19-33)30-21-10-12-23(13-11-21)32-28(34)20-6-8-22(9-7-20)31-27-14-17-29-26-5-3-2-4-25(26)27;1-15-3-5-16(6-4-15)20(24)22-18-9-7-17(8-10-18)21-19-11-13-23(2)14-12-19;23-18(13-1-7-17(8-2-13)22(24)25)21-15-5-3-14(4-6-15)20-16-9-11-19-12-10-16;1-10-2-4-11(5-3-10)14-12-6-8-13-9-7-12;1-2-8-12(9-3-1)10-4-6-11-7-5-10;7-5-1-3-6(4-2-5)8(9)10;;1-4-5(2)3;;;;/h2-19H,1H3,(H2,29,31,32,34);3-14H,1-2H3,(H,22,24);1-12H,(H,19,20)(H,21,23);2-9H,1H3,(H,13,14);1-9H;1-4H,7H2;1H4;;;3*1H/q;;;;+1;;;;;;;/p-1. The van der Waals surface area contributed by atoms with Gasteiger partial charge in [0.1, 0.15) is 14.1 Å².